The van der Waals surface area contributed by atoms with Gasteiger partial charge in [-0.15, -0.1) is 0 Å². The zero-order valence-electron chi connectivity index (χ0n) is 11.8. The second kappa shape index (κ2) is 4.89. The molecule has 0 radical (unpaired) electrons. The summed E-state index contributed by atoms with van der Waals surface area (Å²) in [6.45, 7) is 2.44. The molecular formula is C15H19N3O2. The lowest BCUT2D eigenvalue weighted by Crippen LogP contribution is -2.32. The Morgan fingerprint density at radius 2 is 1.95 bits per heavy atom. The molecule has 1 saturated carbocycles. The fourth-order valence-corrected chi connectivity index (χ4v) is 3.46. The van der Waals surface area contributed by atoms with Gasteiger partial charge < -0.3 is 5.32 Å². The van der Waals surface area contributed by atoms with Crippen molar-refractivity contribution >= 4 is 17.6 Å². The summed E-state index contributed by atoms with van der Waals surface area (Å²) in [5.41, 5.74) is 0.879. The molecule has 2 aliphatic rings. The van der Waals surface area contributed by atoms with E-state index in [1.165, 1.54) is 4.90 Å². The number of hydrogen-bond acceptors (Lipinski definition) is 4. The van der Waals surface area contributed by atoms with Crippen LogP contribution in [-0.4, -0.2) is 28.7 Å². The molecule has 1 N–H and O–H groups in total. The normalized spacial score (nSPS) is 28.9. The van der Waals surface area contributed by atoms with Crippen molar-refractivity contribution in [3.63, 3.8) is 0 Å². The molecule has 106 valence electrons. The molecule has 20 heavy (non-hydrogen) atoms. The van der Waals surface area contributed by atoms with Crippen LogP contribution in [0.25, 0.3) is 0 Å². The topological polar surface area (TPSA) is 62.3 Å². The largest absolute Gasteiger partial charge is 0.373 e. The second-order valence-corrected chi connectivity index (χ2v) is 5.81. The van der Waals surface area contributed by atoms with E-state index in [2.05, 4.69) is 17.2 Å². The molecule has 1 aliphatic carbocycles. The van der Waals surface area contributed by atoms with Crippen LogP contribution in [0.2, 0.25) is 0 Å². The third kappa shape index (κ3) is 1.97. The summed E-state index contributed by atoms with van der Waals surface area (Å²) in [6.07, 6.45) is 3.38. The first-order valence-corrected chi connectivity index (χ1v) is 7.08. The zero-order chi connectivity index (χ0) is 14.3. The molecule has 5 heteroatoms. The van der Waals surface area contributed by atoms with Gasteiger partial charge in [-0.05, 0) is 24.8 Å². The fraction of sp³-hybridized carbons (Fsp3) is 0.533. The Morgan fingerprint density at radius 1 is 1.30 bits per heavy atom. The highest BCUT2D eigenvalue weighted by molar-refractivity contribution is 6.05. The lowest BCUT2D eigenvalue weighted by atomic mass is 10.00. The lowest BCUT2D eigenvalue weighted by Gasteiger charge is -2.18. The molecule has 1 saturated heterocycles. The molecule has 2 atom stereocenters. The van der Waals surface area contributed by atoms with Gasteiger partial charge in [-0.3, -0.25) is 14.5 Å². The summed E-state index contributed by atoms with van der Waals surface area (Å²) in [6, 6.07) is 3.72. The number of carbonyl (C=O) groups is 2. The molecule has 0 bridgehead atoms. The van der Waals surface area contributed by atoms with Crippen molar-refractivity contribution in [1.82, 2.24) is 9.88 Å². The summed E-state index contributed by atoms with van der Waals surface area (Å²) < 4.78 is 0. The number of nitrogens with one attached hydrogen (secondary N) is 1. The van der Waals surface area contributed by atoms with E-state index in [1.807, 2.05) is 12.1 Å². The smallest absolute Gasteiger partial charge is 0.233 e. The van der Waals surface area contributed by atoms with Gasteiger partial charge in [-0.2, -0.15) is 0 Å². The van der Waals surface area contributed by atoms with Gasteiger partial charge in [0.25, 0.3) is 0 Å². The van der Waals surface area contributed by atoms with Crippen molar-refractivity contribution in [2.24, 2.45) is 17.8 Å². The quantitative estimate of drug-likeness (QED) is 0.851. The number of imide groups is 1. The highest BCUT2D eigenvalue weighted by Gasteiger charge is 2.51. The number of rotatable bonds is 3. The van der Waals surface area contributed by atoms with E-state index in [-0.39, 0.29) is 23.7 Å². The monoisotopic (exact) mass is 273 g/mol. The van der Waals surface area contributed by atoms with Gasteiger partial charge in [-0.25, -0.2) is 4.98 Å². The molecule has 2 heterocycles. The van der Waals surface area contributed by atoms with Crippen molar-refractivity contribution in [1.29, 1.82) is 0 Å². The molecule has 3 rings (SSSR count). The maximum absolute atomic E-state index is 12.4. The standard InChI is InChI=1S/C15H19N3O2/c1-9-6-11-12(7-9)15(20)18(14(11)19)8-10-4-3-5-17-13(10)16-2/h3-5,9,11-12H,6-8H2,1-2H3,(H,16,17). The Balaban J connectivity index is 1.82. The molecule has 1 aromatic heterocycles. The van der Waals surface area contributed by atoms with Gasteiger partial charge in [0.05, 0.1) is 18.4 Å². The van der Waals surface area contributed by atoms with E-state index in [4.69, 9.17) is 0 Å². The van der Waals surface area contributed by atoms with E-state index < -0.39 is 0 Å². The van der Waals surface area contributed by atoms with Crippen molar-refractivity contribution in [3.05, 3.63) is 23.9 Å². The Kier molecular flexibility index (Phi) is 3.20. The van der Waals surface area contributed by atoms with Crippen molar-refractivity contribution in [3.8, 4) is 0 Å². The highest BCUT2D eigenvalue weighted by atomic mass is 16.2. The maximum Gasteiger partial charge on any atom is 0.233 e. The predicted molar refractivity (Wildman–Crippen MR) is 74.7 cm³/mol. The number of nitrogens with zero attached hydrogens (tertiary/aromatic N) is 2. The number of fused-ring (bicyclic) bond motifs is 1. The van der Waals surface area contributed by atoms with Crippen LogP contribution in [0.4, 0.5) is 5.82 Å². The Hall–Kier alpha value is -1.91. The van der Waals surface area contributed by atoms with Gasteiger partial charge >= 0.3 is 0 Å². The van der Waals surface area contributed by atoms with Crippen molar-refractivity contribution in [2.45, 2.75) is 26.3 Å². The van der Waals surface area contributed by atoms with Crippen LogP contribution in [0.5, 0.6) is 0 Å². The van der Waals surface area contributed by atoms with Gasteiger partial charge in [0.1, 0.15) is 5.82 Å². The van der Waals surface area contributed by atoms with E-state index in [9.17, 15) is 9.59 Å². The molecule has 2 unspecified atom stereocenters. The maximum atomic E-state index is 12.4. The Bertz CT molecular complexity index is 534. The Labute approximate surface area is 118 Å². The molecule has 2 fully saturated rings. The van der Waals surface area contributed by atoms with Crippen LogP contribution in [0.3, 0.4) is 0 Å². The van der Waals surface area contributed by atoms with Gasteiger partial charge in [0.15, 0.2) is 0 Å². The number of amides is 2. The number of carbonyl (C=O) groups excluding carboxylic acids is 2. The fourth-order valence-electron chi connectivity index (χ4n) is 3.46. The molecule has 5 nitrogen and oxygen atoms in total. The summed E-state index contributed by atoms with van der Waals surface area (Å²) in [5, 5.41) is 3.00. The number of aromatic nitrogens is 1. The van der Waals surface area contributed by atoms with E-state index >= 15 is 0 Å². The third-order valence-corrected chi connectivity index (χ3v) is 4.42. The average molecular weight is 273 g/mol. The second-order valence-electron chi connectivity index (χ2n) is 5.81. The average Bonchev–Trinajstić information content (AvgIpc) is 2.93. The van der Waals surface area contributed by atoms with Gasteiger partial charge in [-0.1, -0.05) is 13.0 Å². The van der Waals surface area contributed by atoms with Gasteiger partial charge in [0, 0.05) is 18.8 Å². The minimum absolute atomic E-state index is 0.00439. The first kappa shape index (κ1) is 13.1. The molecular weight excluding hydrogens is 254 g/mol. The molecule has 2 amide bonds. The SMILES string of the molecule is CNc1ncccc1CN1C(=O)C2CC(C)CC2C1=O. The number of likely N-dealkylation sites (tertiary alicyclic amines) is 1. The minimum atomic E-state index is -0.0905. The summed E-state index contributed by atoms with van der Waals surface area (Å²) in [5.74, 6) is 1.01. The summed E-state index contributed by atoms with van der Waals surface area (Å²) in [7, 11) is 1.79. The summed E-state index contributed by atoms with van der Waals surface area (Å²) in [4.78, 5) is 30.5. The number of pyridine rings is 1. The van der Waals surface area contributed by atoms with E-state index in [0.29, 0.717) is 12.5 Å². The lowest BCUT2D eigenvalue weighted by molar-refractivity contribution is -0.141. The number of hydrogen-bond donors (Lipinski definition) is 1. The molecule has 1 aliphatic heterocycles. The first-order chi connectivity index (χ1) is 9.61. The van der Waals surface area contributed by atoms with Crippen LogP contribution in [0.15, 0.2) is 18.3 Å². The molecule has 0 spiro atoms. The molecule has 1 aromatic rings. The van der Waals surface area contributed by atoms with Crippen LogP contribution in [0, 0.1) is 17.8 Å². The van der Waals surface area contributed by atoms with Crippen molar-refractivity contribution < 1.29 is 9.59 Å². The predicted octanol–water partition coefficient (Wildman–Crippen LogP) is 1.65. The van der Waals surface area contributed by atoms with Crippen LogP contribution in [0.1, 0.15) is 25.3 Å². The third-order valence-electron chi connectivity index (χ3n) is 4.42. The van der Waals surface area contributed by atoms with Crippen molar-refractivity contribution in [2.75, 3.05) is 12.4 Å². The minimum Gasteiger partial charge on any atom is -0.373 e. The number of anilines is 1. The molecule has 0 aromatic carbocycles. The van der Waals surface area contributed by atoms with E-state index in [1.54, 1.807) is 13.2 Å². The zero-order valence-corrected chi connectivity index (χ0v) is 11.8. The van der Waals surface area contributed by atoms with Crippen LogP contribution in [-0.2, 0) is 16.1 Å². The first-order valence-electron chi connectivity index (χ1n) is 7.08. The van der Waals surface area contributed by atoms with Crippen LogP contribution < -0.4 is 5.32 Å². The van der Waals surface area contributed by atoms with E-state index in [0.717, 1.165) is 24.2 Å². The summed E-state index contributed by atoms with van der Waals surface area (Å²) >= 11 is 0. The van der Waals surface area contributed by atoms with Crippen LogP contribution >= 0.6 is 0 Å². The Morgan fingerprint density at radius 3 is 2.55 bits per heavy atom. The van der Waals surface area contributed by atoms with Gasteiger partial charge in [0.2, 0.25) is 11.8 Å². The highest BCUT2D eigenvalue weighted by Crippen LogP contribution is 2.43.